The van der Waals surface area contributed by atoms with Crippen molar-refractivity contribution in [1.29, 1.82) is 0 Å². The van der Waals surface area contributed by atoms with Crippen LogP contribution in [0.2, 0.25) is 5.15 Å². The first-order chi connectivity index (χ1) is 13.5. The highest BCUT2D eigenvalue weighted by Gasteiger charge is 2.25. The minimum Gasteiger partial charge on any atom is -0.494 e. The number of ether oxygens (including phenoxy) is 2. The van der Waals surface area contributed by atoms with E-state index in [9.17, 15) is 4.79 Å². The third-order valence-corrected chi connectivity index (χ3v) is 5.49. The van der Waals surface area contributed by atoms with Gasteiger partial charge in [0.1, 0.15) is 15.9 Å². The predicted octanol–water partition coefficient (Wildman–Crippen LogP) is 3.33. The van der Waals surface area contributed by atoms with Crippen LogP contribution in [0.4, 0.5) is 5.13 Å². The van der Waals surface area contributed by atoms with Crippen LogP contribution in [0.25, 0.3) is 11.1 Å². The fourth-order valence-electron chi connectivity index (χ4n) is 2.75. The summed E-state index contributed by atoms with van der Waals surface area (Å²) in [6.45, 7) is 3.12. The Kier molecular flexibility index (Phi) is 5.21. The van der Waals surface area contributed by atoms with Crippen molar-refractivity contribution in [2.45, 2.75) is 12.8 Å². The van der Waals surface area contributed by atoms with Gasteiger partial charge in [-0.1, -0.05) is 22.9 Å². The van der Waals surface area contributed by atoms with E-state index in [-0.39, 0.29) is 11.8 Å². The number of pyridine rings is 2. The molecule has 0 unspecified atom stereocenters. The number of nitrogens with zero attached hydrogens (tertiary/aromatic N) is 4. The number of amides is 1. The Morgan fingerprint density at radius 3 is 2.79 bits per heavy atom. The third-order valence-electron chi connectivity index (χ3n) is 4.28. The summed E-state index contributed by atoms with van der Waals surface area (Å²) < 4.78 is 10.6. The van der Waals surface area contributed by atoms with E-state index in [4.69, 9.17) is 21.1 Å². The van der Waals surface area contributed by atoms with E-state index in [2.05, 4.69) is 25.5 Å². The van der Waals surface area contributed by atoms with Gasteiger partial charge in [0.15, 0.2) is 0 Å². The Hall–Kier alpha value is -2.62. The highest BCUT2D eigenvalue weighted by Crippen LogP contribution is 2.34. The normalized spacial score (nSPS) is 13.8. The van der Waals surface area contributed by atoms with Crippen molar-refractivity contribution in [3.63, 3.8) is 0 Å². The van der Waals surface area contributed by atoms with Crippen LogP contribution in [0.1, 0.15) is 27.0 Å². The zero-order chi connectivity index (χ0) is 19.7. The molecule has 28 heavy (non-hydrogen) atoms. The summed E-state index contributed by atoms with van der Waals surface area (Å²) in [4.78, 5) is 21.2. The molecule has 1 aliphatic heterocycles. The van der Waals surface area contributed by atoms with Gasteiger partial charge >= 0.3 is 0 Å². The van der Waals surface area contributed by atoms with E-state index in [0.29, 0.717) is 45.9 Å². The lowest BCUT2D eigenvalue weighted by Gasteiger charge is -2.22. The summed E-state index contributed by atoms with van der Waals surface area (Å²) in [6.07, 6.45) is 3.04. The molecular weight excluding hydrogens is 402 g/mol. The number of rotatable bonds is 5. The van der Waals surface area contributed by atoms with Crippen LogP contribution >= 0.6 is 22.9 Å². The number of nitrogens with one attached hydrogen (secondary N) is 1. The molecule has 1 saturated heterocycles. The minimum atomic E-state index is -0.343. The van der Waals surface area contributed by atoms with Gasteiger partial charge in [0, 0.05) is 23.0 Å². The molecule has 10 heteroatoms. The van der Waals surface area contributed by atoms with Crippen molar-refractivity contribution in [2.24, 2.45) is 0 Å². The first-order valence-electron chi connectivity index (χ1n) is 8.44. The van der Waals surface area contributed by atoms with E-state index < -0.39 is 0 Å². The average molecular weight is 418 g/mol. The molecule has 3 aromatic rings. The summed E-state index contributed by atoms with van der Waals surface area (Å²) in [5.41, 5.74) is 2.42. The molecule has 0 radical (unpaired) electrons. The van der Waals surface area contributed by atoms with Crippen molar-refractivity contribution in [3.8, 4) is 16.9 Å². The molecule has 1 amide bonds. The van der Waals surface area contributed by atoms with Gasteiger partial charge < -0.3 is 9.47 Å². The zero-order valence-corrected chi connectivity index (χ0v) is 16.7. The average Bonchev–Trinajstić information content (AvgIpc) is 3.07. The van der Waals surface area contributed by atoms with Gasteiger partial charge in [-0.2, -0.15) is 0 Å². The quantitative estimate of drug-likeness (QED) is 0.635. The number of hydrogen-bond acceptors (Lipinski definition) is 8. The first-order valence-corrected chi connectivity index (χ1v) is 9.63. The number of hydrogen-bond donors (Lipinski definition) is 1. The minimum absolute atomic E-state index is 0.253. The highest BCUT2D eigenvalue weighted by atomic mass is 35.5. The Morgan fingerprint density at radius 1 is 1.25 bits per heavy atom. The van der Waals surface area contributed by atoms with Crippen LogP contribution in [-0.4, -0.2) is 46.4 Å². The van der Waals surface area contributed by atoms with Crippen LogP contribution in [0, 0.1) is 6.92 Å². The summed E-state index contributed by atoms with van der Waals surface area (Å²) in [5, 5.41) is 12.6. The first kappa shape index (κ1) is 18.7. The number of carbonyl (C=O) groups excluding carboxylic acids is 1. The van der Waals surface area contributed by atoms with E-state index in [1.54, 1.807) is 12.1 Å². The molecule has 0 bridgehead atoms. The lowest BCUT2D eigenvalue weighted by Crippen LogP contribution is -2.24. The molecule has 4 heterocycles. The van der Waals surface area contributed by atoms with E-state index in [1.807, 2.05) is 6.92 Å². The molecule has 1 aliphatic rings. The van der Waals surface area contributed by atoms with Gasteiger partial charge in [-0.05, 0) is 19.1 Å². The monoisotopic (exact) mass is 417 g/mol. The Bertz CT molecular complexity index is 1040. The summed E-state index contributed by atoms with van der Waals surface area (Å²) in [7, 11) is 1.54. The topological polar surface area (TPSA) is 99.1 Å². The number of aryl methyl sites for hydroxylation is 1. The molecular formula is C18H16ClN5O3S. The van der Waals surface area contributed by atoms with Crippen molar-refractivity contribution in [2.75, 3.05) is 25.6 Å². The van der Waals surface area contributed by atoms with Crippen LogP contribution < -0.4 is 10.1 Å². The smallest absolute Gasteiger partial charge is 0.259 e. The van der Waals surface area contributed by atoms with Gasteiger partial charge in [0.2, 0.25) is 5.13 Å². The van der Waals surface area contributed by atoms with Gasteiger partial charge in [0.05, 0.1) is 38.0 Å². The fourth-order valence-corrected chi connectivity index (χ4v) is 3.71. The Balaban J connectivity index is 1.67. The maximum atomic E-state index is 12.9. The molecule has 1 N–H and O–H groups in total. The number of anilines is 1. The van der Waals surface area contributed by atoms with Crippen LogP contribution in [-0.2, 0) is 4.74 Å². The molecule has 0 spiro atoms. The molecule has 0 saturated carbocycles. The SMILES string of the molecule is COc1cnc(Cl)cc1-c1cc(C)ncc1C(=O)Nc1nnc(C2COC2)s1. The number of methoxy groups -OCH3 is 1. The molecule has 144 valence electrons. The summed E-state index contributed by atoms with van der Waals surface area (Å²) in [5.74, 6) is 0.417. The summed E-state index contributed by atoms with van der Waals surface area (Å²) in [6, 6.07) is 3.46. The number of aromatic nitrogens is 4. The number of halogens is 1. The van der Waals surface area contributed by atoms with Gasteiger partial charge in [-0.15, -0.1) is 10.2 Å². The molecule has 0 aromatic carbocycles. The maximum absolute atomic E-state index is 12.9. The number of carbonyl (C=O) groups is 1. The van der Waals surface area contributed by atoms with Crippen LogP contribution in [0.3, 0.4) is 0 Å². The highest BCUT2D eigenvalue weighted by molar-refractivity contribution is 7.15. The van der Waals surface area contributed by atoms with Crippen molar-refractivity contribution in [3.05, 3.63) is 45.9 Å². The lowest BCUT2D eigenvalue weighted by atomic mass is 10.0. The Morgan fingerprint density at radius 2 is 2.07 bits per heavy atom. The largest absolute Gasteiger partial charge is 0.494 e. The van der Waals surface area contributed by atoms with Crippen molar-refractivity contribution >= 4 is 34.0 Å². The molecule has 0 atom stereocenters. The second-order valence-electron chi connectivity index (χ2n) is 6.21. The maximum Gasteiger partial charge on any atom is 0.259 e. The van der Waals surface area contributed by atoms with Gasteiger partial charge in [-0.25, -0.2) is 4.98 Å². The second kappa shape index (κ2) is 7.78. The van der Waals surface area contributed by atoms with Crippen molar-refractivity contribution in [1.82, 2.24) is 20.2 Å². The van der Waals surface area contributed by atoms with E-state index >= 15 is 0 Å². The predicted molar refractivity (Wildman–Crippen MR) is 105 cm³/mol. The van der Waals surface area contributed by atoms with Gasteiger partial charge in [-0.3, -0.25) is 15.1 Å². The lowest BCUT2D eigenvalue weighted by molar-refractivity contribution is 0.00809. The molecule has 4 rings (SSSR count). The van der Waals surface area contributed by atoms with Crippen LogP contribution in [0.15, 0.2) is 24.5 Å². The molecule has 0 aliphatic carbocycles. The zero-order valence-electron chi connectivity index (χ0n) is 15.1. The van der Waals surface area contributed by atoms with Crippen molar-refractivity contribution < 1.29 is 14.3 Å². The van der Waals surface area contributed by atoms with E-state index in [0.717, 1.165) is 10.7 Å². The fraction of sp³-hybridized carbons (Fsp3) is 0.278. The second-order valence-corrected chi connectivity index (χ2v) is 7.61. The summed E-state index contributed by atoms with van der Waals surface area (Å²) >= 11 is 7.41. The van der Waals surface area contributed by atoms with Gasteiger partial charge in [0.25, 0.3) is 5.91 Å². The molecule has 1 fully saturated rings. The van der Waals surface area contributed by atoms with E-state index in [1.165, 1.54) is 30.8 Å². The third kappa shape index (κ3) is 3.68. The van der Waals surface area contributed by atoms with Crippen LogP contribution in [0.5, 0.6) is 5.75 Å². The molecule has 8 nitrogen and oxygen atoms in total. The standard InChI is InChI=1S/C18H16ClN5O3S/c1-9-3-11(12-4-15(19)21-6-14(12)26-2)13(5-20-9)16(25)22-18-24-23-17(28-18)10-7-27-8-10/h3-6,10H,7-8H2,1-2H3,(H,22,24,25). The Labute approximate surface area is 169 Å². The molecule has 3 aromatic heterocycles.